The first-order valence-electron chi connectivity index (χ1n) is 13.0. The third-order valence-electron chi connectivity index (χ3n) is 7.17. The monoisotopic (exact) mass is 529 g/mol. The molecule has 3 aromatic carbocycles. The van der Waals surface area contributed by atoms with Gasteiger partial charge in [0.15, 0.2) is 5.50 Å². The van der Waals surface area contributed by atoms with Crippen molar-refractivity contribution in [2.75, 3.05) is 5.32 Å². The van der Waals surface area contributed by atoms with E-state index in [9.17, 15) is 14.9 Å². The van der Waals surface area contributed by atoms with E-state index in [1.807, 2.05) is 65.6 Å². The van der Waals surface area contributed by atoms with Crippen molar-refractivity contribution in [2.24, 2.45) is 5.92 Å². The van der Waals surface area contributed by atoms with Crippen LogP contribution in [0.25, 0.3) is 6.08 Å². The third kappa shape index (κ3) is 5.86. The van der Waals surface area contributed by atoms with Gasteiger partial charge in [-0.3, -0.25) is 14.9 Å². The van der Waals surface area contributed by atoms with Gasteiger partial charge in [-0.1, -0.05) is 67.9 Å². The molecule has 3 aromatic rings. The van der Waals surface area contributed by atoms with Crippen LogP contribution >= 0.6 is 11.8 Å². The molecule has 1 saturated heterocycles. The van der Waals surface area contributed by atoms with Crippen LogP contribution in [0.2, 0.25) is 0 Å². The molecule has 2 fully saturated rings. The third-order valence-corrected chi connectivity index (χ3v) is 8.29. The SMILES string of the molecule is C[C@H]1CCCC[C@H]1N1C(=O)/C(=C/c2ccccc2OCc2ccc([N+](=O)[O-])cc2)SC1Nc1ccccc1. The molecule has 1 saturated carbocycles. The number of nitrogens with one attached hydrogen (secondary N) is 1. The second-order valence-corrected chi connectivity index (χ2v) is 10.9. The Morgan fingerprint density at radius 2 is 1.74 bits per heavy atom. The number of benzene rings is 3. The Balaban J connectivity index is 1.38. The fourth-order valence-corrected chi connectivity index (χ4v) is 6.32. The zero-order valence-corrected chi connectivity index (χ0v) is 22.1. The number of nitro groups is 1. The van der Waals surface area contributed by atoms with E-state index in [-0.39, 0.29) is 29.7 Å². The molecule has 0 radical (unpaired) electrons. The van der Waals surface area contributed by atoms with E-state index in [1.165, 1.54) is 18.6 Å². The molecule has 0 bridgehead atoms. The first kappa shape index (κ1) is 25.9. The Morgan fingerprint density at radius 3 is 2.47 bits per heavy atom. The number of anilines is 1. The summed E-state index contributed by atoms with van der Waals surface area (Å²) in [5.41, 5.74) is 2.50. The highest BCUT2D eigenvalue weighted by molar-refractivity contribution is 8.05. The fraction of sp³-hybridized carbons (Fsp3) is 0.300. The van der Waals surface area contributed by atoms with Crippen LogP contribution in [0.1, 0.15) is 43.7 Å². The standard InChI is InChI=1S/C30H31N3O4S/c1-21-9-5-7-13-26(21)32-29(34)28(38-30(32)31-24-11-3-2-4-12-24)19-23-10-6-8-14-27(23)37-20-22-15-17-25(18-16-22)33(35)36/h2-4,6,8,10-12,14-19,21,26,30-31H,5,7,9,13,20H2,1H3/b28-19-/t21-,26+,30?/m0/s1. The number of non-ortho nitro benzene ring substituents is 1. The molecule has 1 heterocycles. The summed E-state index contributed by atoms with van der Waals surface area (Å²) in [6, 6.07) is 24.2. The van der Waals surface area contributed by atoms with Gasteiger partial charge in [0.05, 0.1) is 9.83 Å². The molecule has 7 nitrogen and oxygen atoms in total. The lowest BCUT2D eigenvalue weighted by molar-refractivity contribution is -0.384. The average Bonchev–Trinajstić information content (AvgIpc) is 3.23. The van der Waals surface area contributed by atoms with E-state index in [2.05, 4.69) is 12.2 Å². The molecule has 1 unspecified atom stereocenters. The van der Waals surface area contributed by atoms with Crippen molar-refractivity contribution in [2.45, 2.75) is 50.8 Å². The molecule has 196 valence electrons. The van der Waals surface area contributed by atoms with Crippen LogP contribution in [0, 0.1) is 16.0 Å². The lowest BCUT2D eigenvalue weighted by atomic mass is 9.85. The molecule has 1 amide bonds. The van der Waals surface area contributed by atoms with Gasteiger partial charge in [0.1, 0.15) is 12.4 Å². The van der Waals surface area contributed by atoms with Crippen LogP contribution < -0.4 is 10.1 Å². The highest BCUT2D eigenvalue weighted by atomic mass is 32.2. The second kappa shape index (κ2) is 11.7. The first-order chi connectivity index (χ1) is 18.5. The van der Waals surface area contributed by atoms with Gasteiger partial charge in [-0.25, -0.2) is 0 Å². The summed E-state index contributed by atoms with van der Waals surface area (Å²) in [5, 5.41) is 14.5. The van der Waals surface area contributed by atoms with E-state index < -0.39 is 4.92 Å². The fourth-order valence-electron chi connectivity index (χ4n) is 5.11. The number of rotatable bonds is 8. The normalized spacial score (nSPS) is 22.4. The molecule has 3 atom stereocenters. The molecule has 5 rings (SSSR count). The maximum Gasteiger partial charge on any atom is 0.269 e. The highest BCUT2D eigenvalue weighted by Gasteiger charge is 2.43. The van der Waals surface area contributed by atoms with Crippen LogP contribution in [0.15, 0.2) is 83.8 Å². The van der Waals surface area contributed by atoms with Gasteiger partial charge >= 0.3 is 0 Å². The Kier molecular flexibility index (Phi) is 7.98. The Labute approximate surface area is 227 Å². The van der Waals surface area contributed by atoms with Gasteiger partial charge in [-0.15, -0.1) is 0 Å². The topological polar surface area (TPSA) is 84.7 Å². The van der Waals surface area contributed by atoms with Crippen LogP contribution in [-0.4, -0.2) is 27.3 Å². The quantitative estimate of drug-likeness (QED) is 0.191. The minimum Gasteiger partial charge on any atom is -0.488 e. The molecule has 0 spiro atoms. The van der Waals surface area contributed by atoms with E-state index >= 15 is 0 Å². The number of thioether (sulfide) groups is 1. The summed E-state index contributed by atoms with van der Waals surface area (Å²) < 4.78 is 6.09. The minimum absolute atomic E-state index is 0.0474. The van der Waals surface area contributed by atoms with Crippen molar-refractivity contribution in [3.8, 4) is 5.75 Å². The number of hydrogen-bond donors (Lipinski definition) is 1. The molecule has 2 aliphatic rings. The summed E-state index contributed by atoms with van der Waals surface area (Å²) in [6.45, 7) is 2.52. The summed E-state index contributed by atoms with van der Waals surface area (Å²) in [7, 11) is 0. The number of ether oxygens (including phenoxy) is 1. The molecular weight excluding hydrogens is 498 g/mol. The van der Waals surface area contributed by atoms with Crippen molar-refractivity contribution in [1.29, 1.82) is 0 Å². The maximum absolute atomic E-state index is 13.8. The molecule has 1 aliphatic carbocycles. The van der Waals surface area contributed by atoms with Gasteiger partial charge in [0.25, 0.3) is 11.6 Å². The second-order valence-electron chi connectivity index (χ2n) is 9.78. The van der Waals surface area contributed by atoms with Gasteiger partial charge in [-0.2, -0.15) is 0 Å². The highest BCUT2D eigenvalue weighted by Crippen LogP contribution is 2.42. The van der Waals surface area contributed by atoms with Crippen molar-refractivity contribution in [1.82, 2.24) is 4.90 Å². The van der Waals surface area contributed by atoms with Gasteiger partial charge in [-0.05, 0) is 60.7 Å². The van der Waals surface area contributed by atoms with Crippen molar-refractivity contribution >= 4 is 35.1 Å². The van der Waals surface area contributed by atoms with E-state index in [0.717, 1.165) is 36.1 Å². The predicted molar refractivity (Wildman–Crippen MR) is 152 cm³/mol. The van der Waals surface area contributed by atoms with Crippen LogP contribution in [0.3, 0.4) is 0 Å². The van der Waals surface area contributed by atoms with E-state index in [0.29, 0.717) is 16.6 Å². The smallest absolute Gasteiger partial charge is 0.269 e. The van der Waals surface area contributed by atoms with Gasteiger partial charge in [0.2, 0.25) is 0 Å². The average molecular weight is 530 g/mol. The summed E-state index contributed by atoms with van der Waals surface area (Å²) in [5.74, 6) is 1.15. The number of amides is 1. The number of nitrogens with zero attached hydrogens (tertiary/aromatic N) is 2. The van der Waals surface area contributed by atoms with Crippen molar-refractivity contribution in [3.63, 3.8) is 0 Å². The van der Waals surface area contributed by atoms with E-state index in [1.54, 1.807) is 23.9 Å². The molecule has 1 aliphatic heterocycles. The van der Waals surface area contributed by atoms with Crippen LogP contribution in [0.4, 0.5) is 11.4 Å². The number of para-hydroxylation sites is 2. The maximum atomic E-state index is 13.8. The number of hydrogen-bond acceptors (Lipinski definition) is 6. The van der Waals surface area contributed by atoms with Crippen molar-refractivity contribution in [3.05, 3.63) is 105 Å². The lowest BCUT2D eigenvalue weighted by Crippen LogP contribution is -2.48. The minimum atomic E-state index is -0.417. The first-order valence-corrected chi connectivity index (χ1v) is 13.9. The van der Waals surface area contributed by atoms with Gasteiger partial charge in [0, 0.05) is 29.4 Å². The summed E-state index contributed by atoms with van der Waals surface area (Å²) in [4.78, 5) is 27.1. The number of carbonyl (C=O) groups excluding carboxylic acids is 1. The van der Waals surface area contributed by atoms with Gasteiger partial charge < -0.3 is 15.0 Å². The number of carbonyl (C=O) groups is 1. The van der Waals surface area contributed by atoms with Crippen molar-refractivity contribution < 1.29 is 14.5 Å². The zero-order valence-electron chi connectivity index (χ0n) is 21.3. The summed E-state index contributed by atoms with van der Waals surface area (Å²) in [6.07, 6.45) is 6.43. The lowest BCUT2D eigenvalue weighted by Gasteiger charge is -2.39. The molecule has 8 heteroatoms. The predicted octanol–water partition coefficient (Wildman–Crippen LogP) is 7.06. The molecule has 0 aromatic heterocycles. The Hall–Kier alpha value is -3.78. The largest absolute Gasteiger partial charge is 0.488 e. The van der Waals surface area contributed by atoms with Crippen LogP contribution in [0.5, 0.6) is 5.75 Å². The summed E-state index contributed by atoms with van der Waals surface area (Å²) >= 11 is 1.55. The zero-order chi connectivity index (χ0) is 26.5. The Bertz CT molecular complexity index is 1310. The Morgan fingerprint density at radius 1 is 1.03 bits per heavy atom. The molecular formula is C30H31N3O4S. The van der Waals surface area contributed by atoms with E-state index in [4.69, 9.17) is 4.74 Å². The van der Waals surface area contributed by atoms with Crippen LogP contribution in [-0.2, 0) is 11.4 Å². The molecule has 38 heavy (non-hydrogen) atoms. The number of nitro benzene ring substituents is 1. The molecule has 1 N–H and O–H groups in total.